The summed E-state index contributed by atoms with van der Waals surface area (Å²) in [6, 6.07) is 9.34. The zero-order valence-electron chi connectivity index (χ0n) is 10.5. The first kappa shape index (κ1) is 13.3. The zero-order chi connectivity index (χ0) is 13.0. The quantitative estimate of drug-likeness (QED) is 0.632. The lowest BCUT2D eigenvalue weighted by atomic mass is 10.1. The van der Waals surface area contributed by atoms with Crippen molar-refractivity contribution < 1.29 is 4.79 Å². The fourth-order valence-electron chi connectivity index (χ4n) is 1.90. The van der Waals surface area contributed by atoms with Gasteiger partial charge in [-0.15, -0.1) is 0 Å². The molecular formula is C14H17BrN2O. The van der Waals surface area contributed by atoms with E-state index in [-0.39, 0.29) is 5.78 Å². The Balaban J connectivity index is 2.02. The highest BCUT2D eigenvalue weighted by Crippen LogP contribution is 2.15. The number of halogens is 1. The Kier molecular flexibility index (Phi) is 4.55. The van der Waals surface area contributed by atoms with E-state index in [0.29, 0.717) is 4.48 Å². The molecule has 0 atom stereocenters. The first-order valence-corrected chi connectivity index (χ1v) is 6.86. The summed E-state index contributed by atoms with van der Waals surface area (Å²) in [6.45, 7) is 4.01. The van der Waals surface area contributed by atoms with Crippen LogP contribution in [0.25, 0.3) is 0 Å². The largest absolute Gasteiger partial charge is 0.374 e. The van der Waals surface area contributed by atoms with Crippen LogP contribution < -0.4 is 0 Å². The van der Waals surface area contributed by atoms with E-state index in [1.165, 1.54) is 0 Å². The lowest BCUT2D eigenvalue weighted by molar-refractivity contribution is 0.104. The van der Waals surface area contributed by atoms with Crippen LogP contribution in [0.15, 0.2) is 41.0 Å². The molecule has 4 heteroatoms. The Morgan fingerprint density at radius 2 is 1.78 bits per heavy atom. The monoisotopic (exact) mass is 308 g/mol. The molecule has 0 amide bonds. The molecule has 3 nitrogen and oxygen atoms in total. The molecule has 0 aromatic heterocycles. The number of ketones is 1. The first-order valence-electron chi connectivity index (χ1n) is 6.06. The molecular weight excluding hydrogens is 292 g/mol. The number of carbonyl (C=O) groups is 1. The third-order valence-electron chi connectivity index (χ3n) is 3.09. The Morgan fingerprint density at radius 1 is 1.17 bits per heavy atom. The Morgan fingerprint density at radius 3 is 2.39 bits per heavy atom. The molecule has 1 aromatic rings. The molecule has 1 saturated heterocycles. The maximum atomic E-state index is 12.1. The minimum Gasteiger partial charge on any atom is -0.374 e. The number of Topliss-reactive ketones (excluding diaryl/α,β-unsaturated/α-hetero) is 1. The number of hydrogen-bond donors (Lipinski definition) is 0. The van der Waals surface area contributed by atoms with Crippen molar-refractivity contribution in [2.45, 2.75) is 0 Å². The van der Waals surface area contributed by atoms with Gasteiger partial charge >= 0.3 is 0 Å². The lowest BCUT2D eigenvalue weighted by Gasteiger charge is -2.31. The van der Waals surface area contributed by atoms with Gasteiger partial charge in [0.2, 0.25) is 5.78 Å². The number of hydrogen-bond acceptors (Lipinski definition) is 3. The zero-order valence-corrected chi connectivity index (χ0v) is 12.1. The maximum absolute atomic E-state index is 12.1. The topological polar surface area (TPSA) is 23.6 Å². The van der Waals surface area contributed by atoms with Gasteiger partial charge in [0.05, 0.1) is 4.48 Å². The number of likely N-dealkylation sites (N-methyl/N-ethyl adjacent to an activating group) is 1. The van der Waals surface area contributed by atoms with E-state index in [0.717, 1.165) is 31.7 Å². The predicted octanol–water partition coefficient (Wildman–Crippen LogP) is 2.35. The Bertz CT molecular complexity index is 436. The average molecular weight is 309 g/mol. The summed E-state index contributed by atoms with van der Waals surface area (Å²) in [5.41, 5.74) is 0.717. The molecule has 0 N–H and O–H groups in total. The number of allylic oxidation sites excluding steroid dienone is 1. The van der Waals surface area contributed by atoms with Gasteiger partial charge in [-0.05, 0) is 23.0 Å². The van der Waals surface area contributed by atoms with Crippen molar-refractivity contribution in [3.05, 3.63) is 46.6 Å². The van der Waals surface area contributed by atoms with Gasteiger partial charge in [-0.1, -0.05) is 30.3 Å². The highest BCUT2D eigenvalue weighted by Gasteiger charge is 2.14. The number of benzene rings is 1. The van der Waals surface area contributed by atoms with E-state index in [2.05, 4.69) is 32.8 Å². The third kappa shape index (κ3) is 3.43. The molecule has 2 rings (SSSR count). The molecule has 1 aliphatic heterocycles. The highest BCUT2D eigenvalue weighted by molar-refractivity contribution is 9.12. The molecule has 0 unspecified atom stereocenters. The summed E-state index contributed by atoms with van der Waals surface area (Å²) < 4.78 is 0.623. The highest BCUT2D eigenvalue weighted by atomic mass is 79.9. The molecule has 0 bridgehead atoms. The lowest BCUT2D eigenvalue weighted by Crippen LogP contribution is -2.41. The average Bonchev–Trinajstić information content (AvgIpc) is 2.41. The molecule has 1 heterocycles. The number of rotatable bonds is 3. The Hall–Kier alpha value is -1.13. The fraction of sp³-hybridized carbons (Fsp3) is 0.357. The second kappa shape index (κ2) is 6.16. The molecule has 1 aliphatic rings. The number of nitrogens with zero attached hydrogens (tertiary/aromatic N) is 2. The van der Waals surface area contributed by atoms with Crippen molar-refractivity contribution in [1.82, 2.24) is 9.80 Å². The number of piperazine rings is 1. The van der Waals surface area contributed by atoms with Gasteiger partial charge < -0.3 is 9.80 Å². The first-order chi connectivity index (χ1) is 8.66. The maximum Gasteiger partial charge on any atom is 0.201 e. The van der Waals surface area contributed by atoms with Crippen LogP contribution in [0.3, 0.4) is 0 Å². The standard InChI is InChI=1S/C14H17BrN2O/c1-16-7-9-17(10-8-16)11-13(15)14(18)12-5-3-2-4-6-12/h2-6,11H,7-10H2,1H3/b13-11-. The van der Waals surface area contributed by atoms with E-state index in [1.54, 1.807) is 0 Å². The van der Waals surface area contributed by atoms with Gasteiger partial charge in [-0.3, -0.25) is 4.79 Å². The molecule has 0 saturated carbocycles. The van der Waals surface area contributed by atoms with E-state index in [4.69, 9.17) is 0 Å². The number of carbonyl (C=O) groups excluding carboxylic acids is 1. The van der Waals surface area contributed by atoms with Crippen molar-refractivity contribution in [2.75, 3.05) is 33.2 Å². The second-order valence-corrected chi connectivity index (χ2v) is 5.37. The van der Waals surface area contributed by atoms with Crippen molar-refractivity contribution in [2.24, 2.45) is 0 Å². The van der Waals surface area contributed by atoms with E-state index in [9.17, 15) is 4.79 Å². The third-order valence-corrected chi connectivity index (χ3v) is 3.65. The van der Waals surface area contributed by atoms with Gasteiger partial charge in [-0.2, -0.15) is 0 Å². The molecule has 96 valence electrons. The van der Waals surface area contributed by atoms with E-state index >= 15 is 0 Å². The smallest absolute Gasteiger partial charge is 0.201 e. The van der Waals surface area contributed by atoms with Crippen molar-refractivity contribution in [3.8, 4) is 0 Å². The van der Waals surface area contributed by atoms with Gasteiger partial charge in [0.25, 0.3) is 0 Å². The van der Waals surface area contributed by atoms with Gasteiger partial charge in [0.15, 0.2) is 0 Å². The molecule has 18 heavy (non-hydrogen) atoms. The molecule has 0 aliphatic carbocycles. The second-order valence-electron chi connectivity index (χ2n) is 4.51. The molecule has 0 spiro atoms. The fourth-order valence-corrected chi connectivity index (χ4v) is 2.42. The van der Waals surface area contributed by atoms with Gasteiger partial charge in [0, 0.05) is 37.9 Å². The minimum absolute atomic E-state index is 0.0366. The van der Waals surface area contributed by atoms with Crippen LogP contribution in [0.1, 0.15) is 10.4 Å². The Labute approximate surface area is 116 Å². The van der Waals surface area contributed by atoms with Crippen molar-refractivity contribution in [3.63, 3.8) is 0 Å². The summed E-state index contributed by atoms with van der Waals surface area (Å²) >= 11 is 3.39. The summed E-state index contributed by atoms with van der Waals surface area (Å²) in [5.74, 6) is 0.0366. The van der Waals surface area contributed by atoms with Crippen LogP contribution in [0.5, 0.6) is 0 Å². The van der Waals surface area contributed by atoms with Gasteiger partial charge in [-0.25, -0.2) is 0 Å². The van der Waals surface area contributed by atoms with Crippen LogP contribution in [0.4, 0.5) is 0 Å². The van der Waals surface area contributed by atoms with Crippen molar-refractivity contribution in [1.29, 1.82) is 0 Å². The van der Waals surface area contributed by atoms with Crippen LogP contribution in [-0.4, -0.2) is 48.8 Å². The molecule has 0 radical (unpaired) electrons. The van der Waals surface area contributed by atoms with Crippen LogP contribution in [-0.2, 0) is 0 Å². The van der Waals surface area contributed by atoms with Crippen molar-refractivity contribution >= 4 is 21.7 Å². The molecule has 1 aromatic carbocycles. The van der Waals surface area contributed by atoms with Crippen LogP contribution in [0, 0.1) is 0 Å². The minimum atomic E-state index is 0.0366. The van der Waals surface area contributed by atoms with Gasteiger partial charge in [0.1, 0.15) is 0 Å². The summed E-state index contributed by atoms with van der Waals surface area (Å²) in [5, 5.41) is 0. The summed E-state index contributed by atoms with van der Waals surface area (Å²) in [7, 11) is 2.12. The van der Waals surface area contributed by atoms with Crippen LogP contribution >= 0.6 is 15.9 Å². The summed E-state index contributed by atoms with van der Waals surface area (Å²) in [6.07, 6.45) is 1.92. The van der Waals surface area contributed by atoms with Crippen LogP contribution in [0.2, 0.25) is 0 Å². The predicted molar refractivity (Wildman–Crippen MR) is 76.9 cm³/mol. The molecule has 1 fully saturated rings. The SMILES string of the molecule is CN1CCN(/C=C(\Br)C(=O)c2ccccc2)CC1. The van der Waals surface area contributed by atoms with E-state index < -0.39 is 0 Å². The van der Waals surface area contributed by atoms with E-state index in [1.807, 2.05) is 36.5 Å². The summed E-state index contributed by atoms with van der Waals surface area (Å²) in [4.78, 5) is 16.6. The normalized spacial score (nSPS) is 17.9.